The predicted octanol–water partition coefficient (Wildman–Crippen LogP) is 4.19. The van der Waals surface area contributed by atoms with E-state index >= 15 is 0 Å². The van der Waals surface area contributed by atoms with Crippen LogP contribution in [-0.4, -0.2) is 15.0 Å². The molecular formula is C20H25NOS. The highest BCUT2D eigenvalue weighted by Gasteiger charge is 2.30. The molecule has 3 rings (SSSR count). The topological polar surface area (TPSA) is 29.1 Å². The first kappa shape index (κ1) is 16.4. The summed E-state index contributed by atoms with van der Waals surface area (Å²) in [5.74, 6) is 0.371. The van der Waals surface area contributed by atoms with Gasteiger partial charge in [-0.15, -0.1) is 0 Å². The maximum absolute atomic E-state index is 12.5. The first-order valence-corrected chi connectivity index (χ1v) is 9.41. The summed E-state index contributed by atoms with van der Waals surface area (Å²) in [5, 5.41) is 0. The van der Waals surface area contributed by atoms with Crippen LogP contribution in [0.5, 0.6) is 0 Å². The molecule has 0 heterocycles. The van der Waals surface area contributed by atoms with Crippen LogP contribution < -0.4 is 4.72 Å². The van der Waals surface area contributed by atoms with Crippen molar-refractivity contribution in [2.75, 3.05) is 0 Å². The Labute approximate surface area is 141 Å². The van der Waals surface area contributed by atoms with Gasteiger partial charge in [0.25, 0.3) is 0 Å². The quantitative estimate of drug-likeness (QED) is 0.900. The molecule has 1 N–H and O–H groups in total. The van der Waals surface area contributed by atoms with Crippen molar-refractivity contribution in [1.29, 1.82) is 0 Å². The van der Waals surface area contributed by atoms with Crippen LogP contribution in [0.25, 0.3) is 0 Å². The molecule has 0 spiro atoms. The van der Waals surface area contributed by atoms with Crippen molar-refractivity contribution in [1.82, 2.24) is 4.72 Å². The summed E-state index contributed by atoms with van der Waals surface area (Å²) in [7, 11) is -1.03. The molecule has 2 aromatic carbocycles. The Morgan fingerprint density at radius 1 is 1.00 bits per heavy atom. The van der Waals surface area contributed by atoms with Gasteiger partial charge in [0.05, 0.1) is 15.7 Å². The lowest BCUT2D eigenvalue weighted by Crippen LogP contribution is -2.43. The van der Waals surface area contributed by atoms with Crippen molar-refractivity contribution in [3.63, 3.8) is 0 Å². The smallest absolute Gasteiger partial charge is 0.0972 e. The average molecular weight is 327 g/mol. The Kier molecular flexibility index (Phi) is 4.69. The number of hydrogen-bond donors (Lipinski definition) is 1. The molecule has 0 unspecified atom stereocenters. The van der Waals surface area contributed by atoms with E-state index in [4.69, 9.17) is 0 Å². The molecule has 3 atom stereocenters. The number of fused-ring (bicyclic) bond motifs is 1. The predicted molar refractivity (Wildman–Crippen MR) is 97.9 cm³/mol. The molecule has 0 fully saturated rings. The van der Waals surface area contributed by atoms with E-state index in [9.17, 15) is 4.21 Å². The van der Waals surface area contributed by atoms with E-state index in [2.05, 4.69) is 59.3 Å². The maximum atomic E-state index is 12.5. The highest BCUT2D eigenvalue weighted by Crippen LogP contribution is 2.36. The van der Waals surface area contributed by atoms with Crippen LogP contribution in [0, 0.1) is 0 Å². The lowest BCUT2D eigenvalue weighted by atomic mass is 9.77. The summed E-state index contributed by atoms with van der Waals surface area (Å²) < 4.78 is 15.6. The van der Waals surface area contributed by atoms with Gasteiger partial charge < -0.3 is 0 Å². The van der Waals surface area contributed by atoms with Crippen molar-refractivity contribution < 1.29 is 4.21 Å². The zero-order valence-electron chi connectivity index (χ0n) is 14.1. The van der Waals surface area contributed by atoms with Crippen LogP contribution in [0.2, 0.25) is 0 Å². The van der Waals surface area contributed by atoms with E-state index in [1.807, 2.05) is 20.8 Å². The van der Waals surface area contributed by atoms with Crippen LogP contribution in [0.15, 0.2) is 54.6 Å². The van der Waals surface area contributed by atoms with E-state index in [1.54, 1.807) is 0 Å². The number of rotatable bonds is 3. The van der Waals surface area contributed by atoms with Crippen LogP contribution in [-0.2, 0) is 17.4 Å². The van der Waals surface area contributed by atoms with E-state index in [0.29, 0.717) is 5.92 Å². The Morgan fingerprint density at radius 2 is 1.65 bits per heavy atom. The van der Waals surface area contributed by atoms with Crippen molar-refractivity contribution in [2.24, 2.45) is 0 Å². The van der Waals surface area contributed by atoms with E-state index in [1.165, 1.54) is 16.7 Å². The van der Waals surface area contributed by atoms with Gasteiger partial charge in [-0.2, -0.15) is 0 Å². The van der Waals surface area contributed by atoms with Crippen LogP contribution >= 0.6 is 0 Å². The third-order valence-electron chi connectivity index (χ3n) is 4.45. The van der Waals surface area contributed by atoms with Gasteiger partial charge in [0.15, 0.2) is 0 Å². The number of benzene rings is 2. The molecule has 0 bridgehead atoms. The minimum atomic E-state index is -1.03. The van der Waals surface area contributed by atoms with Crippen molar-refractivity contribution >= 4 is 11.0 Å². The molecular weight excluding hydrogens is 302 g/mol. The van der Waals surface area contributed by atoms with E-state index in [0.717, 1.165) is 12.8 Å². The summed E-state index contributed by atoms with van der Waals surface area (Å²) in [4.78, 5) is 0. The Balaban J connectivity index is 1.89. The second kappa shape index (κ2) is 6.58. The monoisotopic (exact) mass is 327 g/mol. The average Bonchev–Trinajstić information content (AvgIpc) is 2.54. The molecule has 1 aliphatic rings. The van der Waals surface area contributed by atoms with Crippen molar-refractivity contribution in [3.8, 4) is 0 Å². The summed E-state index contributed by atoms with van der Waals surface area (Å²) in [5.41, 5.74) is 4.13. The van der Waals surface area contributed by atoms with Gasteiger partial charge in [-0.25, -0.2) is 8.93 Å². The summed E-state index contributed by atoms with van der Waals surface area (Å²) in [6, 6.07) is 19.6. The van der Waals surface area contributed by atoms with Crippen LogP contribution in [0.4, 0.5) is 0 Å². The van der Waals surface area contributed by atoms with E-state index in [-0.39, 0.29) is 10.8 Å². The fraction of sp³-hybridized carbons (Fsp3) is 0.400. The highest BCUT2D eigenvalue weighted by atomic mass is 32.2. The summed E-state index contributed by atoms with van der Waals surface area (Å²) >= 11 is 0. The molecule has 2 aromatic rings. The molecule has 0 aliphatic heterocycles. The van der Waals surface area contributed by atoms with E-state index < -0.39 is 11.0 Å². The molecule has 122 valence electrons. The largest absolute Gasteiger partial charge is 0.242 e. The van der Waals surface area contributed by atoms with Gasteiger partial charge in [-0.1, -0.05) is 54.6 Å². The Hall–Kier alpha value is -1.45. The SMILES string of the molecule is CC(C)(C)[S@@](=O)N[C@@H]1Cc2ccccc2[C@H](c2ccccc2)C1. The Bertz CT molecular complexity index is 690. The molecule has 1 aliphatic carbocycles. The van der Waals surface area contributed by atoms with Crippen LogP contribution in [0.3, 0.4) is 0 Å². The second-order valence-corrected chi connectivity index (χ2v) is 9.30. The van der Waals surface area contributed by atoms with Crippen molar-refractivity contribution in [3.05, 3.63) is 71.3 Å². The normalized spacial score (nSPS) is 22.4. The molecule has 2 nitrogen and oxygen atoms in total. The first-order chi connectivity index (χ1) is 10.9. The Morgan fingerprint density at radius 3 is 2.35 bits per heavy atom. The fourth-order valence-corrected chi connectivity index (χ4v) is 4.08. The standard InChI is InChI=1S/C20H25NOS/c1-20(2,3)23(22)21-17-13-16-11-7-8-12-18(16)19(14-17)15-9-5-4-6-10-15/h4-12,17,19,21H,13-14H2,1-3H3/t17-,19+,23-/m1/s1. The molecule has 0 aromatic heterocycles. The third-order valence-corrected chi connectivity index (χ3v) is 6.11. The lowest BCUT2D eigenvalue weighted by Gasteiger charge is -2.33. The maximum Gasteiger partial charge on any atom is 0.0972 e. The fourth-order valence-electron chi connectivity index (χ4n) is 3.24. The molecule has 3 heteroatoms. The van der Waals surface area contributed by atoms with Gasteiger partial charge in [0.1, 0.15) is 0 Å². The molecule has 0 radical (unpaired) electrons. The molecule has 0 saturated carbocycles. The molecule has 0 saturated heterocycles. The minimum Gasteiger partial charge on any atom is -0.242 e. The van der Waals surface area contributed by atoms with Gasteiger partial charge in [-0.3, -0.25) is 0 Å². The second-order valence-electron chi connectivity index (χ2n) is 7.30. The van der Waals surface area contributed by atoms with Gasteiger partial charge in [0, 0.05) is 12.0 Å². The highest BCUT2D eigenvalue weighted by molar-refractivity contribution is 7.84. The van der Waals surface area contributed by atoms with Gasteiger partial charge in [-0.05, 0) is 50.3 Å². The van der Waals surface area contributed by atoms with Crippen molar-refractivity contribution in [2.45, 2.75) is 50.3 Å². The van der Waals surface area contributed by atoms with Crippen LogP contribution in [0.1, 0.15) is 49.8 Å². The van der Waals surface area contributed by atoms with Gasteiger partial charge in [0.2, 0.25) is 0 Å². The van der Waals surface area contributed by atoms with Gasteiger partial charge >= 0.3 is 0 Å². The minimum absolute atomic E-state index is 0.237. The summed E-state index contributed by atoms with van der Waals surface area (Å²) in [6.07, 6.45) is 1.93. The molecule has 23 heavy (non-hydrogen) atoms. The first-order valence-electron chi connectivity index (χ1n) is 8.26. The molecule has 0 amide bonds. The lowest BCUT2D eigenvalue weighted by molar-refractivity contribution is 0.492. The summed E-state index contributed by atoms with van der Waals surface area (Å²) in [6.45, 7) is 6.05. The number of hydrogen-bond acceptors (Lipinski definition) is 1. The zero-order valence-corrected chi connectivity index (χ0v) is 14.9. The third kappa shape index (κ3) is 3.73. The number of nitrogens with one attached hydrogen (secondary N) is 1. The zero-order chi connectivity index (χ0) is 16.4.